The topological polar surface area (TPSA) is 80.9 Å². The second-order valence-corrected chi connectivity index (χ2v) is 3.98. The van der Waals surface area contributed by atoms with E-state index in [1.54, 1.807) is 14.0 Å². The third-order valence-corrected chi connectivity index (χ3v) is 2.77. The van der Waals surface area contributed by atoms with Gasteiger partial charge in [0, 0.05) is 5.75 Å². The summed E-state index contributed by atoms with van der Waals surface area (Å²) in [5.41, 5.74) is 0. The molecule has 0 aromatic carbocycles. The first-order valence-corrected chi connectivity index (χ1v) is 5.28. The molecule has 0 saturated carbocycles. The van der Waals surface area contributed by atoms with Crippen LogP contribution in [0.1, 0.15) is 12.7 Å². The van der Waals surface area contributed by atoms with Gasteiger partial charge in [0.05, 0.1) is 18.7 Å². The molecular weight excluding hydrogens is 204 g/mol. The summed E-state index contributed by atoms with van der Waals surface area (Å²) < 4.78 is 0. The largest absolute Gasteiger partial charge is 0.481 e. The number of tetrazole rings is 1. The van der Waals surface area contributed by atoms with Crippen LogP contribution in [0.3, 0.4) is 0 Å². The summed E-state index contributed by atoms with van der Waals surface area (Å²) in [6.07, 6.45) is 0. The highest BCUT2D eigenvalue weighted by molar-refractivity contribution is 7.98. The summed E-state index contributed by atoms with van der Waals surface area (Å²) in [6.45, 7) is 1.68. The van der Waals surface area contributed by atoms with Gasteiger partial charge in [0.1, 0.15) is 0 Å². The molecule has 0 spiro atoms. The lowest BCUT2D eigenvalue weighted by molar-refractivity contribution is -0.140. The van der Waals surface area contributed by atoms with Crippen LogP contribution in [0.25, 0.3) is 0 Å². The molecule has 78 valence electrons. The summed E-state index contributed by atoms with van der Waals surface area (Å²) in [5.74, 6) is 0.690. The summed E-state index contributed by atoms with van der Waals surface area (Å²) in [6, 6.07) is 0. The molecule has 0 fully saturated rings. The Morgan fingerprint density at radius 1 is 1.71 bits per heavy atom. The zero-order valence-electron chi connectivity index (χ0n) is 8.04. The Balaban J connectivity index is 2.25. The van der Waals surface area contributed by atoms with Crippen molar-refractivity contribution < 1.29 is 9.90 Å². The normalized spacial score (nSPS) is 12.7. The Labute approximate surface area is 85.7 Å². The standard InChI is InChI=1S/C7H12N4O2S/c1-5(7(12)13)3-14-4-6-8-10-11(2)9-6/h5H,3-4H2,1-2H3,(H,12,13). The Morgan fingerprint density at radius 2 is 2.43 bits per heavy atom. The fourth-order valence-corrected chi connectivity index (χ4v) is 1.69. The van der Waals surface area contributed by atoms with Crippen LogP contribution < -0.4 is 0 Å². The molecule has 0 radical (unpaired) electrons. The van der Waals surface area contributed by atoms with Crippen molar-refractivity contribution >= 4 is 17.7 Å². The van der Waals surface area contributed by atoms with E-state index in [0.717, 1.165) is 0 Å². The second-order valence-electron chi connectivity index (χ2n) is 2.95. The van der Waals surface area contributed by atoms with E-state index in [1.165, 1.54) is 16.6 Å². The molecule has 7 heteroatoms. The lowest BCUT2D eigenvalue weighted by Crippen LogP contribution is -2.11. The number of rotatable bonds is 5. The van der Waals surface area contributed by atoms with Crippen LogP contribution in [0.5, 0.6) is 0 Å². The fraction of sp³-hybridized carbons (Fsp3) is 0.714. The zero-order valence-corrected chi connectivity index (χ0v) is 8.86. The Hall–Kier alpha value is -1.11. The van der Waals surface area contributed by atoms with Crippen molar-refractivity contribution in [2.45, 2.75) is 12.7 Å². The number of carboxylic acids is 1. The lowest BCUT2D eigenvalue weighted by Gasteiger charge is -2.02. The van der Waals surface area contributed by atoms with Crippen molar-refractivity contribution in [3.05, 3.63) is 5.82 Å². The average Bonchev–Trinajstić information content (AvgIpc) is 2.51. The minimum absolute atomic E-state index is 0.336. The van der Waals surface area contributed by atoms with Gasteiger partial charge in [0.15, 0.2) is 5.82 Å². The van der Waals surface area contributed by atoms with E-state index in [4.69, 9.17) is 5.11 Å². The maximum atomic E-state index is 10.5. The molecule has 1 atom stereocenters. The van der Waals surface area contributed by atoms with Crippen molar-refractivity contribution in [1.82, 2.24) is 20.2 Å². The first kappa shape index (κ1) is 11.0. The van der Waals surface area contributed by atoms with E-state index in [-0.39, 0.29) is 5.92 Å². The highest BCUT2D eigenvalue weighted by Crippen LogP contribution is 2.12. The molecule has 0 saturated heterocycles. The van der Waals surface area contributed by atoms with Gasteiger partial charge in [-0.3, -0.25) is 4.79 Å². The fourth-order valence-electron chi connectivity index (χ4n) is 0.779. The molecular formula is C7H12N4O2S. The molecule has 1 aromatic rings. The van der Waals surface area contributed by atoms with Crippen molar-refractivity contribution in [2.75, 3.05) is 5.75 Å². The molecule has 14 heavy (non-hydrogen) atoms. The van der Waals surface area contributed by atoms with Gasteiger partial charge in [-0.25, -0.2) is 0 Å². The zero-order chi connectivity index (χ0) is 10.6. The number of nitrogens with zero attached hydrogens (tertiary/aromatic N) is 4. The molecule has 1 heterocycles. The maximum Gasteiger partial charge on any atom is 0.307 e. The molecule has 0 bridgehead atoms. The Kier molecular flexibility index (Phi) is 3.87. The van der Waals surface area contributed by atoms with Gasteiger partial charge >= 0.3 is 5.97 Å². The van der Waals surface area contributed by atoms with Crippen molar-refractivity contribution in [2.24, 2.45) is 13.0 Å². The van der Waals surface area contributed by atoms with E-state index in [0.29, 0.717) is 17.3 Å². The minimum Gasteiger partial charge on any atom is -0.481 e. The van der Waals surface area contributed by atoms with Crippen molar-refractivity contribution in [1.29, 1.82) is 0 Å². The SMILES string of the molecule is CC(CSCc1nnn(C)n1)C(=O)O. The highest BCUT2D eigenvalue weighted by atomic mass is 32.2. The molecule has 0 aliphatic heterocycles. The van der Waals surface area contributed by atoms with Crippen LogP contribution in [0.2, 0.25) is 0 Å². The van der Waals surface area contributed by atoms with E-state index >= 15 is 0 Å². The van der Waals surface area contributed by atoms with Gasteiger partial charge in [-0.15, -0.1) is 10.2 Å². The average molecular weight is 216 g/mol. The highest BCUT2D eigenvalue weighted by Gasteiger charge is 2.11. The molecule has 6 nitrogen and oxygen atoms in total. The van der Waals surface area contributed by atoms with E-state index in [1.807, 2.05) is 0 Å². The van der Waals surface area contributed by atoms with Crippen molar-refractivity contribution in [3.63, 3.8) is 0 Å². The number of aromatic nitrogens is 4. The van der Waals surface area contributed by atoms with Crippen molar-refractivity contribution in [3.8, 4) is 0 Å². The van der Waals surface area contributed by atoms with Crippen LogP contribution in [0, 0.1) is 5.92 Å². The smallest absolute Gasteiger partial charge is 0.307 e. The van der Waals surface area contributed by atoms with Gasteiger partial charge in [-0.05, 0) is 5.21 Å². The number of thioether (sulfide) groups is 1. The van der Waals surface area contributed by atoms with E-state index in [9.17, 15) is 4.79 Å². The summed E-state index contributed by atoms with van der Waals surface area (Å²) in [5, 5.41) is 20.1. The molecule has 0 aliphatic carbocycles. The Morgan fingerprint density at radius 3 is 2.93 bits per heavy atom. The summed E-state index contributed by atoms with van der Waals surface area (Å²) in [7, 11) is 1.70. The number of hydrogen-bond acceptors (Lipinski definition) is 5. The van der Waals surface area contributed by atoms with Crippen LogP contribution >= 0.6 is 11.8 Å². The molecule has 1 rings (SSSR count). The quantitative estimate of drug-likeness (QED) is 0.755. The van der Waals surface area contributed by atoms with Crippen LogP contribution in [0.4, 0.5) is 0 Å². The predicted octanol–water partition coefficient (Wildman–Crippen LogP) is 0.164. The van der Waals surface area contributed by atoms with Crippen LogP contribution in [0.15, 0.2) is 0 Å². The molecule has 1 N–H and O–H groups in total. The van der Waals surface area contributed by atoms with Gasteiger partial charge in [-0.1, -0.05) is 6.92 Å². The third kappa shape index (κ3) is 3.33. The number of carbonyl (C=O) groups is 1. The van der Waals surface area contributed by atoms with Gasteiger partial charge in [0.25, 0.3) is 0 Å². The first-order chi connectivity index (χ1) is 6.59. The van der Waals surface area contributed by atoms with Gasteiger partial charge in [0.2, 0.25) is 0 Å². The molecule has 0 amide bonds. The summed E-state index contributed by atoms with van der Waals surface area (Å²) >= 11 is 1.50. The number of carboxylic acid groups (broad SMARTS) is 1. The monoisotopic (exact) mass is 216 g/mol. The summed E-state index contributed by atoms with van der Waals surface area (Å²) in [4.78, 5) is 11.9. The Bertz CT molecular complexity index is 314. The predicted molar refractivity (Wildman–Crippen MR) is 51.8 cm³/mol. The van der Waals surface area contributed by atoms with Gasteiger partial charge < -0.3 is 5.11 Å². The number of aryl methyl sites for hydroxylation is 1. The maximum absolute atomic E-state index is 10.5. The molecule has 1 unspecified atom stereocenters. The number of hydrogen-bond donors (Lipinski definition) is 1. The second kappa shape index (κ2) is 4.94. The third-order valence-electron chi connectivity index (χ3n) is 1.57. The number of aliphatic carboxylic acids is 1. The molecule has 1 aromatic heterocycles. The van der Waals surface area contributed by atoms with Crippen LogP contribution in [-0.4, -0.2) is 37.0 Å². The molecule has 0 aliphatic rings. The first-order valence-electron chi connectivity index (χ1n) is 4.13. The minimum atomic E-state index is -0.774. The van der Waals surface area contributed by atoms with Gasteiger partial charge in [-0.2, -0.15) is 16.6 Å². The van der Waals surface area contributed by atoms with E-state index in [2.05, 4.69) is 15.4 Å². The van der Waals surface area contributed by atoms with Crippen LogP contribution in [-0.2, 0) is 17.6 Å². The van der Waals surface area contributed by atoms with E-state index < -0.39 is 5.97 Å². The lowest BCUT2D eigenvalue weighted by atomic mass is 10.2.